The van der Waals surface area contributed by atoms with Gasteiger partial charge in [-0.05, 0) is 61.0 Å². The molecule has 3 heterocycles. The third-order valence-electron chi connectivity index (χ3n) is 6.14. The number of hydrogen-bond acceptors (Lipinski definition) is 5. The number of carbonyl (C=O) groups is 1. The highest BCUT2D eigenvalue weighted by Crippen LogP contribution is 2.41. The number of halogens is 1. The first kappa shape index (κ1) is 22.1. The molecule has 1 unspecified atom stereocenters. The third kappa shape index (κ3) is 3.72. The number of aryl methyl sites for hydroxylation is 1. The number of pyridine rings is 1. The molecule has 176 valence electrons. The summed E-state index contributed by atoms with van der Waals surface area (Å²) in [6, 6.07) is 24.6. The van der Waals surface area contributed by atoms with Gasteiger partial charge in [-0.3, -0.25) is 14.5 Å². The fourth-order valence-corrected chi connectivity index (χ4v) is 4.63. The number of para-hydroxylation sites is 1. The maximum atomic E-state index is 13.8. The van der Waals surface area contributed by atoms with E-state index in [1.807, 2.05) is 67.6 Å². The summed E-state index contributed by atoms with van der Waals surface area (Å²) in [6.07, 6.45) is 1.47. The van der Waals surface area contributed by atoms with Crippen molar-refractivity contribution < 1.29 is 13.9 Å². The first-order valence-electron chi connectivity index (χ1n) is 11.3. The molecule has 36 heavy (non-hydrogen) atoms. The van der Waals surface area contributed by atoms with Crippen molar-refractivity contribution in [2.24, 2.45) is 0 Å². The molecule has 1 aliphatic heterocycles. The van der Waals surface area contributed by atoms with Crippen molar-refractivity contribution in [2.75, 3.05) is 4.90 Å². The summed E-state index contributed by atoms with van der Waals surface area (Å²) in [6.45, 7) is 1.91. The van der Waals surface area contributed by atoms with Crippen LogP contribution in [0.5, 0.6) is 11.5 Å². The molecule has 0 radical (unpaired) electrons. The molecular weight excluding hydrogens is 476 g/mol. The van der Waals surface area contributed by atoms with Gasteiger partial charge >= 0.3 is 0 Å². The lowest BCUT2D eigenvalue weighted by Crippen LogP contribution is -2.30. The largest absolute Gasteiger partial charge is 0.457 e. The molecule has 1 amide bonds. The molecule has 1 atom stereocenters. The molecular formula is C29H19ClN2O4. The summed E-state index contributed by atoms with van der Waals surface area (Å²) in [5, 5.41) is 0.863. The molecule has 2 aromatic heterocycles. The molecule has 0 aliphatic carbocycles. The zero-order valence-electron chi connectivity index (χ0n) is 19.1. The Morgan fingerprint density at radius 3 is 2.50 bits per heavy atom. The molecule has 6 rings (SSSR count). The van der Waals surface area contributed by atoms with Crippen LogP contribution >= 0.6 is 11.6 Å². The second-order valence-corrected chi connectivity index (χ2v) is 9.01. The first-order chi connectivity index (χ1) is 17.5. The van der Waals surface area contributed by atoms with Crippen LogP contribution in [0, 0.1) is 6.92 Å². The Morgan fingerprint density at radius 2 is 1.72 bits per heavy atom. The molecule has 3 aromatic carbocycles. The molecule has 0 spiro atoms. The number of rotatable bonds is 4. The number of ether oxygens (including phenoxy) is 1. The van der Waals surface area contributed by atoms with Crippen molar-refractivity contribution >= 4 is 34.3 Å². The summed E-state index contributed by atoms with van der Waals surface area (Å²) < 4.78 is 12.1. The summed E-state index contributed by atoms with van der Waals surface area (Å²) in [5.41, 5.74) is 1.99. The molecule has 0 saturated carbocycles. The van der Waals surface area contributed by atoms with E-state index in [0.717, 1.165) is 5.56 Å². The molecule has 5 aromatic rings. The van der Waals surface area contributed by atoms with Gasteiger partial charge in [-0.2, -0.15) is 0 Å². The minimum atomic E-state index is -0.762. The Morgan fingerprint density at radius 1 is 0.917 bits per heavy atom. The summed E-state index contributed by atoms with van der Waals surface area (Å²) in [4.78, 5) is 33.3. The number of hydrogen-bond donors (Lipinski definition) is 0. The standard InChI is InChI=1S/C29H19ClN2O4/c1-17-10-12-23-22(14-17)27(33)25-26(18-6-5-9-21(15-18)35-20-7-3-2-4-8-20)32(29(34)28(25)36-23)24-13-11-19(30)16-31-24/h2-16,26H,1H3. The van der Waals surface area contributed by atoms with Crippen molar-refractivity contribution in [3.8, 4) is 11.5 Å². The van der Waals surface area contributed by atoms with Gasteiger partial charge in [0.1, 0.15) is 22.9 Å². The minimum Gasteiger partial charge on any atom is -0.457 e. The number of anilines is 1. The van der Waals surface area contributed by atoms with Crippen LogP contribution in [0.4, 0.5) is 5.82 Å². The Kier molecular flexibility index (Phi) is 5.31. The van der Waals surface area contributed by atoms with Crippen LogP contribution in [0.15, 0.2) is 100 Å². The van der Waals surface area contributed by atoms with Crippen molar-refractivity contribution in [3.63, 3.8) is 0 Å². The van der Waals surface area contributed by atoms with Gasteiger partial charge in [-0.15, -0.1) is 0 Å². The van der Waals surface area contributed by atoms with Crippen LogP contribution in [-0.4, -0.2) is 10.9 Å². The molecule has 0 fully saturated rings. The summed E-state index contributed by atoms with van der Waals surface area (Å²) >= 11 is 6.05. The van der Waals surface area contributed by atoms with Gasteiger partial charge < -0.3 is 9.15 Å². The Hall–Kier alpha value is -4.42. The number of aromatic nitrogens is 1. The number of carbonyl (C=O) groups excluding carboxylic acids is 1. The molecule has 7 heteroatoms. The second-order valence-electron chi connectivity index (χ2n) is 8.57. The van der Waals surface area contributed by atoms with Crippen LogP contribution < -0.4 is 15.1 Å². The predicted octanol–water partition coefficient (Wildman–Crippen LogP) is 6.69. The van der Waals surface area contributed by atoms with Crippen LogP contribution in [0.3, 0.4) is 0 Å². The van der Waals surface area contributed by atoms with Gasteiger partial charge in [-0.1, -0.05) is 53.6 Å². The minimum absolute atomic E-state index is 0.00693. The number of benzene rings is 3. The van der Waals surface area contributed by atoms with Gasteiger partial charge in [0.2, 0.25) is 5.76 Å². The zero-order valence-corrected chi connectivity index (χ0v) is 19.9. The number of nitrogens with zero attached hydrogens (tertiary/aromatic N) is 2. The highest BCUT2D eigenvalue weighted by atomic mass is 35.5. The highest BCUT2D eigenvalue weighted by molar-refractivity contribution is 6.30. The van der Waals surface area contributed by atoms with E-state index in [1.165, 1.54) is 11.1 Å². The number of amides is 1. The van der Waals surface area contributed by atoms with E-state index in [9.17, 15) is 9.59 Å². The SMILES string of the molecule is Cc1ccc2oc3c(c(=O)c2c1)C(c1cccc(Oc2ccccc2)c1)N(c1ccc(Cl)cn1)C3=O. The molecule has 0 N–H and O–H groups in total. The Bertz CT molecular complexity index is 1680. The highest BCUT2D eigenvalue weighted by Gasteiger charge is 2.44. The third-order valence-corrected chi connectivity index (χ3v) is 6.36. The lowest BCUT2D eigenvalue weighted by atomic mass is 9.98. The Balaban J connectivity index is 1.55. The van der Waals surface area contributed by atoms with Crippen molar-refractivity contribution in [1.29, 1.82) is 0 Å². The van der Waals surface area contributed by atoms with E-state index in [0.29, 0.717) is 38.9 Å². The quantitative estimate of drug-likeness (QED) is 0.278. The van der Waals surface area contributed by atoms with E-state index >= 15 is 0 Å². The van der Waals surface area contributed by atoms with E-state index in [4.69, 9.17) is 20.8 Å². The van der Waals surface area contributed by atoms with Gasteiger partial charge in [0.25, 0.3) is 5.91 Å². The van der Waals surface area contributed by atoms with Crippen LogP contribution in [0.1, 0.15) is 33.3 Å². The second kappa shape index (κ2) is 8.66. The molecule has 0 bridgehead atoms. The van der Waals surface area contributed by atoms with Crippen LogP contribution in [0.2, 0.25) is 5.02 Å². The van der Waals surface area contributed by atoms with Crippen LogP contribution in [-0.2, 0) is 0 Å². The maximum Gasteiger partial charge on any atom is 0.296 e. The van der Waals surface area contributed by atoms with Gasteiger partial charge in [0, 0.05) is 6.20 Å². The van der Waals surface area contributed by atoms with E-state index in [2.05, 4.69) is 4.98 Å². The average molecular weight is 495 g/mol. The van der Waals surface area contributed by atoms with E-state index in [1.54, 1.807) is 24.3 Å². The van der Waals surface area contributed by atoms with Crippen LogP contribution in [0.25, 0.3) is 11.0 Å². The van der Waals surface area contributed by atoms with E-state index < -0.39 is 11.9 Å². The van der Waals surface area contributed by atoms with E-state index in [-0.39, 0.29) is 16.8 Å². The van der Waals surface area contributed by atoms with Gasteiger partial charge in [-0.25, -0.2) is 4.98 Å². The zero-order chi connectivity index (χ0) is 24.8. The van der Waals surface area contributed by atoms with Crippen molar-refractivity contribution in [1.82, 2.24) is 4.98 Å². The lowest BCUT2D eigenvalue weighted by Gasteiger charge is -2.24. The van der Waals surface area contributed by atoms with Gasteiger partial charge in [0.15, 0.2) is 5.43 Å². The molecule has 6 nitrogen and oxygen atoms in total. The van der Waals surface area contributed by atoms with Crippen molar-refractivity contribution in [3.05, 3.63) is 129 Å². The van der Waals surface area contributed by atoms with Gasteiger partial charge in [0.05, 0.1) is 22.0 Å². The summed E-state index contributed by atoms with van der Waals surface area (Å²) in [7, 11) is 0. The monoisotopic (exact) mass is 494 g/mol. The predicted molar refractivity (Wildman–Crippen MR) is 138 cm³/mol. The first-order valence-corrected chi connectivity index (χ1v) is 11.7. The Labute approximate surface area is 211 Å². The van der Waals surface area contributed by atoms with Crippen molar-refractivity contribution in [2.45, 2.75) is 13.0 Å². The topological polar surface area (TPSA) is 72.6 Å². The average Bonchev–Trinajstić information content (AvgIpc) is 3.18. The molecule has 1 aliphatic rings. The fourth-order valence-electron chi connectivity index (χ4n) is 4.52. The maximum absolute atomic E-state index is 13.8. The lowest BCUT2D eigenvalue weighted by molar-refractivity contribution is 0.0970. The number of fused-ring (bicyclic) bond motifs is 2. The smallest absolute Gasteiger partial charge is 0.296 e. The fraction of sp³-hybridized carbons (Fsp3) is 0.0690. The summed E-state index contributed by atoms with van der Waals surface area (Å²) in [5.74, 6) is 1.17. The normalized spacial score (nSPS) is 14.8. The molecule has 0 saturated heterocycles.